The van der Waals surface area contributed by atoms with Crippen LogP contribution in [0.1, 0.15) is 39.7 Å². The lowest BCUT2D eigenvalue weighted by Crippen LogP contribution is -2.38. The van der Waals surface area contributed by atoms with Gasteiger partial charge < -0.3 is 24.6 Å². The van der Waals surface area contributed by atoms with E-state index in [1.807, 2.05) is 91.0 Å². The van der Waals surface area contributed by atoms with Crippen LogP contribution in [-0.2, 0) is 15.1 Å². The number of nitrogens with zero attached hydrogens (tertiary/aromatic N) is 4. The normalized spacial score (nSPS) is 17.9. The van der Waals surface area contributed by atoms with Crippen LogP contribution in [0.4, 0.5) is 5.82 Å². The van der Waals surface area contributed by atoms with Crippen molar-refractivity contribution in [1.82, 2.24) is 19.5 Å². The third kappa shape index (κ3) is 5.85. The number of benzene rings is 4. The van der Waals surface area contributed by atoms with Gasteiger partial charge in [-0.05, 0) is 41.0 Å². The molecule has 6 aromatic rings. The highest BCUT2D eigenvalue weighted by Crippen LogP contribution is 2.43. The number of ether oxygens (including phenoxy) is 3. The second kappa shape index (κ2) is 13.1. The predicted molar refractivity (Wildman–Crippen MR) is 176 cm³/mol. The number of aliphatic hydroxyl groups excluding tert-OH is 1. The SMILES string of the molecule is COc1cccc(C(OC[C@H]2O[C@@H](n3cnc4c(NC(=O)c5ccccc5)ncnc43)C[C@@H]2O)(c2ccccc2)c2ccccc2)c1. The summed E-state index contributed by atoms with van der Waals surface area (Å²) in [5.74, 6) is 0.684. The van der Waals surface area contributed by atoms with Crippen molar-refractivity contribution in [1.29, 1.82) is 0 Å². The Hall–Kier alpha value is -5.42. The Morgan fingerprint density at radius 3 is 2.23 bits per heavy atom. The van der Waals surface area contributed by atoms with Gasteiger partial charge >= 0.3 is 0 Å². The zero-order valence-corrected chi connectivity index (χ0v) is 25.6. The summed E-state index contributed by atoms with van der Waals surface area (Å²) in [6.45, 7) is 0.0820. The van der Waals surface area contributed by atoms with Crippen molar-refractivity contribution in [2.24, 2.45) is 0 Å². The van der Waals surface area contributed by atoms with Gasteiger partial charge in [0.25, 0.3) is 5.91 Å². The Morgan fingerprint density at radius 2 is 1.55 bits per heavy atom. The van der Waals surface area contributed by atoms with E-state index in [1.54, 1.807) is 42.3 Å². The van der Waals surface area contributed by atoms with E-state index >= 15 is 0 Å². The molecule has 1 aliphatic rings. The summed E-state index contributed by atoms with van der Waals surface area (Å²) >= 11 is 0. The molecule has 236 valence electrons. The van der Waals surface area contributed by atoms with Crippen molar-refractivity contribution in [2.45, 2.75) is 30.5 Å². The molecule has 2 N–H and O–H groups in total. The summed E-state index contributed by atoms with van der Waals surface area (Å²) in [4.78, 5) is 26.0. The molecule has 3 heterocycles. The van der Waals surface area contributed by atoms with Gasteiger partial charge in [-0.2, -0.15) is 0 Å². The molecule has 2 aromatic heterocycles. The summed E-state index contributed by atoms with van der Waals surface area (Å²) in [7, 11) is 1.64. The molecule has 0 saturated carbocycles. The monoisotopic (exact) mass is 627 g/mol. The van der Waals surface area contributed by atoms with E-state index in [2.05, 4.69) is 20.3 Å². The summed E-state index contributed by atoms with van der Waals surface area (Å²) in [6.07, 6.45) is 1.19. The lowest BCUT2D eigenvalue weighted by atomic mass is 9.80. The number of methoxy groups -OCH3 is 1. The molecular formula is C37H33N5O5. The molecule has 1 saturated heterocycles. The van der Waals surface area contributed by atoms with Crippen LogP contribution in [-0.4, -0.2) is 56.5 Å². The van der Waals surface area contributed by atoms with Crippen LogP contribution in [0.2, 0.25) is 0 Å². The fourth-order valence-electron chi connectivity index (χ4n) is 6.10. The second-order valence-corrected chi connectivity index (χ2v) is 11.3. The molecule has 47 heavy (non-hydrogen) atoms. The summed E-state index contributed by atoms with van der Waals surface area (Å²) in [5.41, 5.74) is 3.08. The summed E-state index contributed by atoms with van der Waals surface area (Å²) in [5, 5.41) is 14.1. The maximum absolute atomic E-state index is 12.8. The lowest BCUT2D eigenvalue weighted by molar-refractivity contribution is -0.0931. The maximum atomic E-state index is 12.8. The van der Waals surface area contributed by atoms with E-state index in [0.717, 1.165) is 16.7 Å². The van der Waals surface area contributed by atoms with E-state index in [-0.39, 0.29) is 24.8 Å². The quantitative estimate of drug-likeness (QED) is 0.185. The Morgan fingerprint density at radius 1 is 0.894 bits per heavy atom. The third-order valence-corrected chi connectivity index (χ3v) is 8.44. The average Bonchev–Trinajstić information content (AvgIpc) is 3.73. The number of fused-ring (bicyclic) bond motifs is 1. The van der Waals surface area contributed by atoms with Crippen molar-refractivity contribution >= 4 is 22.9 Å². The highest BCUT2D eigenvalue weighted by Gasteiger charge is 2.42. The Balaban J connectivity index is 1.17. The van der Waals surface area contributed by atoms with E-state index < -0.39 is 24.0 Å². The molecule has 0 bridgehead atoms. The van der Waals surface area contributed by atoms with E-state index in [9.17, 15) is 9.90 Å². The number of aromatic nitrogens is 4. The molecule has 7 rings (SSSR count). The van der Waals surface area contributed by atoms with Gasteiger partial charge in [-0.3, -0.25) is 9.36 Å². The number of imidazole rings is 1. The molecule has 0 radical (unpaired) electrons. The van der Waals surface area contributed by atoms with E-state index in [1.165, 1.54) is 6.33 Å². The van der Waals surface area contributed by atoms with Crippen LogP contribution >= 0.6 is 0 Å². The molecule has 10 heteroatoms. The number of aliphatic hydroxyl groups is 1. The molecule has 0 spiro atoms. The van der Waals surface area contributed by atoms with Crippen LogP contribution in [0.25, 0.3) is 11.2 Å². The van der Waals surface area contributed by atoms with Gasteiger partial charge in [0.05, 0.1) is 26.1 Å². The fraction of sp³-hybridized carbons (Fsp3) is 0.189. The summed E-state index contributed by atoms with van der Waals surface area (Å²) < 4.78 is 20.8. The van der Waals surface area contributed by atoms with Crippen LogP contribution in [0.3, 0.4) is 0 Å². The van der Waals surface area contributed by atoms with Gasteiger partial charge in [0.1, 0.15) is 30.0 Å². The molecule has 1 fully saturated rings. The Kier molecular flexibility index (Phi) is 8.45. The molecule has 1 aliphatic heterocycles. The van der Waals surface area contributed by atoms with Gasteiger partial charge in [-0.15, -0.1) is 0 Å². The third-order valence-electron chi connectivity index (χ3n) is 8.44. The van der Waals surface area contributed by atoms with E-state index in [4.69, 9.17) is 14.2 Å². The van der Waals surface area contributed by atoms with Crippen molar-refractivity contribution in [3.63, 3.8) is 0 Å². The number of nitrogens with one attached hydrogen (secondary N) is 1. The van der Waals surface area contributed by atoms with Gasteiger partial charge in [0, 0.05) is 12.0 Å². The summed E-state index contributed by atoms with van der Waals surface area (Å²) in [6, 6.07) is 36.7. The number of carbonyl (C=O) groups is 1. The molecule has 0 aliphatic carbocycles. The Labute approximate surface area is 271 Å². The number of anilines is 1. The first-order valence-corrected chi connectivity index (χ1v) is 15.3. The largest absolute Gasteiger partial charge is 0.497 e. The van der Waals surface area contributed by atoms with Gasteiger partial charge in [0.15, 0.2) is 17.0 Å². The first-order valence-electron chi connectivity index (χ1n) is 15.3. The zero-order valence-electron chi connectivity index (χ0n) is 25.6. The second-order valence-electron chi connectivity index (χ2n) is 11.3. The predicted octanol–water partition coefficient (Wildman–Crippen LogP) is 5.74. The van der Waals surface area contributed by atoms with Crippen LogP contribution in [0.5, 0.6) is 5.75 Å². The van der Waals surface area contributed by atoms with Crippen LogP contribution in [0, 0.1) is 0 Å². The fourth-order valence-corrected chi connectivity index (χ4v) is 6.10. The topological polar surface area (TPSA) is 121 Å². The number of hydrogen-bond donors (Lipinski definition) is 2. The van der Waals surface area contributed by atoms with Crippen molar-refractivity contribution in [3.8, 4) is 5.75 Å². The minimum atomic E-state index is -1.03. The molecule has 1 amide bonds. The molecule has 0 unspecified atom stereocenters. The number of amides is 1. The van der Waals surface area contributed by atoms with E-state index in [0.29, 0.717) is 22.5 Å². The van der Waals surface area contributed by atoms with Crippen molar-refractivity contribution < 1.29 is 24.1 Å². The minimum absolute atomic E-state index is 0.0820. The lowest BCUT2D eigenvalue weighted by Gasteiger charge is -2.37. The first kappa shape index (κ1) is 30.2. The van der Waals surface area contributed by atoms with Gasteiger partial charge in [-0.1, -0.05) is 91.0 Å². The molecule has 4 aromatic carbocycles. The maximum Gasteiger partial charge on any atom is 0.256 e. The Bertz CT molecular complexity index is 1930. The zero-order chi connectivity index (χ0) is 32.2. The first-order chi connectivity index (χ1) is 23.1. The molecular weight excluding hydrogens is 594 g/mol. The standard InChI is InChI=1S/C37H33N5O5/c1-45-29-19-11-18-28(20-29)37(26-14-7-3-8-15-26,27-16-9-4-10-17-27)46-22-31-30(43)21-32(47-31)42-24-40-33-34(38-23-39-35(33)42)41-36(44)25-12-5-2-6-13-25/h2-20,23-24,30-32,43H,21-22H2,1H3,(H,38,39,41,44)/t30-,31+,32+/m0/s1. The number of carbonyl (C=O) groups excluding carboxylic acids is 1. The average molecular weight is 628 g/mol. The van der Waals surface area contributed by atoms with Crippen molar-refractivity contribution in [2.75, 3.05) is 19.0 Å². The van der Waals surface area contributed by atoms with Crippen LogP contribution < -0.4 is 10.1 Å². The highest BCUT2D eigenvalue weighted by atomic mass is 16.6. The molecule has 10 nitrogen and oxygen atoms in total. The van der Waals surface area contributed by atoms with Gasteiger partial charge in [0.2, 0.25) is 0 Å². The smallest absolute Gasteiger partial charge is 0.256 e. The van der Waals surface area contributed by atoms with Crippen molar-refractivity contribution in [3.05, 3.63) is 150 Å². The highest BCUT2D eigenvalue weighted by molar-refractivity contribution is 6.06. The van der Waals surface area contributed by atoms with Gasteiger partial charge in [-0.25, -0.2) is 15.0 Å². The minimum Gasteiger partial charge on any atom is -0.497 e. The molecule has 3 atom stereocenters. The number of rotatable bonds is 10. The van der Waals surface area contributed by atoms with Crippen LogP contribution in [0.15, 0.2) is 128 Å². The number of hydrogen-bond acceptors (Lipinski definition) is 8.